The van der Waals surface area contributed by atoms with Crippen LogP contribution in [0.1, 0.15) is 37.4 Å². The van der Waals surface area contributed by atoms with Gasteiger partial charge in [-0.05, 0) is 50.1 Å². The van der Waals surface area contributed by atoms with Gasteiger partial charge in [-0.3, -0.25) is 9.59 Å². The molecule has 2 aromatic rings. The molecule has 1 amide bonds. The van der Waals surface area contributed by atoms with E-state index in [2.05, 4.69) is 15.9 Å². The first-order valence-electron chi connectivity index (χ1n) is 10.3. The van der Waals surface area contributed by atoms with Gasteiger partial charge in [0.05, 0.1) is 24.8 Å². The van der Waals surface area contributed by atoms with Crippen molar-refractivity contribution in [1.29, 1.82) is 0 Å². The number of aliphatic hydroxyl groups is 1. The molecule has 1 saturated heterocycles. The molecule has 0 aliphatic carbocycles. The lowest BCUT2D eigenvalue weighted by Crippen LogP contribution is -2.31. The molecule has 0 bridgehead atoms. The Bertz CT molecular complexity index is 1030. The van der Waals surface area contributed by atoms with E-state index in [-0.39, 0.29) is 35.5 Å². The Morgan fingerprint density at radius 1 is 1.16 bits per heavy atom. The minimum atomic E-state index is -0.827. The number of Topliss-reactive ketones (excluding diaryl/α,β-unsaturated/α-hetero) is 1. The number of likely N-dealkylation sites (tertiary alicyclic amines) is 1. The lowest BCUT2D eigenvalue weighted by Gasteiger charge is -2.26. The maximum absolute atomic E-state index is 13.0. The normalized spacial score (nSPS) is 17.9. The van der Waals surface area contributed by atoms with Gasteiger partial charge in [-0.1, -0.05) is 34.1 Å². The zero-order chi connectivity index (χ0) is 23.4. The Balaban J connectivity index is 2.07. The summed E-state index contributed by atoms with van der Waals surface area (Å²) in [4.78, 5) is 27.4. The van der Waals surface area contributed by atoms with Crippen molar-refractivity contribution >= 4 is 33.4 Å². The molecule has 0 spiro atoms. The standard InChI is InChI=1S/C24H26BrNO6/c1-14(2)32-12-4-11-26-21(16-7-10-18(27)19(13-16)31-3)20(23(29)24(26)30)22(28)15-5-8-17(25)9-6-15/h5-10,13-14,21,27-28H,4,11-12H2,1-3H3/t21-/m0/s1. The lowest BCUT2D eigenvalue weighted by atomic mass is 9.95. The highest BCUT2D eigenvalue weighted by Crippen LogP contribution is 2.41. The van der Waals surface area contributed by atoms with E-state index >= 15 is 0 Å². The number of halogens is 1. The third kappa shape index (κ3) is 4.97. The first-order valence-corrected chi connectivity index (χ1v) is 11.1. The van der Waals surface area contributed by atoms with Gasteiger partial charge in [-0.25, -0.2) is 0 Å². The SMILES string of the molecule is COc1cc([C@H]2C(=C(O)c3ccc(Br)cc3)C(=O)C(=O)N2CCCOC(C)C)ccc1O. The van der Waals surface area contributed by atoms with Crippen molar-refractivity contribution < 1.29 is 29.3 Å². The van der Waals surface area contributed by atoms with Gasteiger partial charge in [0.15, 0.2) is 11.5 Å². The number of hydrogen-bond donors (Lipinski definition) is 2. The van der Waals surface area contributed by atoms with Gasteiger partial charge in [-0.15, -0.1) is 0 Å². The van der Waals surface area contributed by atoms with Crippen molar-refractivity contribution in [2.45, 2.75) is 32.4 Å². The third-order valence-corrected chi connectivity index (χ3v) is 5.70. The number of methoxy groups -OCH3 is 1. The minimum Gasteiger partial charge on any atom is -0.507 e. The Kier molecular flexibility index (Phi) is 7.58. The molecule has 0 radical (unpaired) electrons. The number of carbonyl (C=O) groups excluding carboxylic acids is 2. The van der Waals surface area contributed by atoms with E-state index < -0.39 is 17.7 Å². The van der Waals surface area contributed by atoms with Crippen molar-refractivity contribution in [2.24, 2.45) is 0 Å². The largest absolute Gasteiger partial charge is 0.507 e. The van der Waals surface area contributed by atoms with Crippen molar-refractivity contribution in [3.8, 4) is 11.5 Å². The fourth-order valence-corrected chi connectivity index (χ4v) is 3.90. The molecule has 8 heteroatoms. The zero-order valence-electron chi connectivity index (χ0n) is 18.2. The summed E-state index contributed by atoms with van der Waals surface area (Å²) >= 11 is 3.35. The van der Waals surface area contributed by atoms with Crippen LogP contribution < -0.4 is 4.74 Å². The van der Waals surface area contributed by atoms with E-state index in [4.69, 9.17) is 9.47 Å². The monoisotopic (exact) mass is 503 g/mol. The van der Waals surface area contributed by atoms with E-state index in [0.717, 1.165) is 4.47 Å². The number of carbonyl (C=O) groups is 2. The van der Waals surface area contributed by atoms with Gasteiger partial charge in [-0.2, -0.15) is 0 Å². The number of nitrogens with zero attached hydrogens (tertiary/aromatic N) is 1. The highest BCUT2D eigenvalue weighted by Gasteiger charge is 2.46. The van der Waals surface area contributed by atoms with Crippen LogP contribution in [-0.4, -0.2) is 53.2 Å². The number of aliphatic hydroxyl groups excluding tert-OH is 1. The molecule has 2 aromatic carbocycles. The second-order valence-electron chi connectivity index (χ2n) is 7.70. The summed E-state index contributed by atoms with van der Waals surface area (Å²) in [6, 6.07) is 10.6. The fourth-order valence-electron chi connectivity index (χ4n) is 3.64. The summed E-state index contributed by atoms with van der Waals surface area (Å²) in [7, 11) is 1.42. The summed E-state index contributed by atoms with van der Waals surface area (Å²) in [6.45, 7) is 4.54. The lowest BCUT2D eigenvalue weighted by molar-refractivity contribution is -0.140. The van der Waals surface area contributed by atoms with Gasteiger partial charge in [0, 0.05) is 23.2 Å². The number of ether oxygens (including phenoxy) is 2. The zero-order valence-corrected chi connectivity index (χ0v) is 19.8. The van der Waals surface area contributed by atoms with Crippen molar-refractivity contribution in [1.82, 2.24) is 4.90 Å². The first-order chi connectivity index (χ1) is 15.2. The number of ketones is 1. The highest BCUT2D eigenvalue weighted by atomic mass is 79.9. The maximum Gasteiger partial charge on any atom is 0.295 e. The second kappa shape index (κ2) is 10.2. The molecule has 1 aliphatic heterocycles. The second-order valence-corrected chi connectivity index (χ2v) is 8.62. The number of aromatic hydroxyl groups is 1. The molecule has 0 saturated carbocycles. The van der Waals surface area contributed by atoms with Gasteiger partial charge >= 0.3 is 0 Å². The van der Waals surface area contributed by atoms with Crippen molar-refractivity contribution in [3.05, 3.63) is 63.6 Å². The molecule has 0 unspecified atom stereocenters. The average molecular weight is 504 g/mol. The molecule has 1 atom stereocenters. The van der Waals surface area contributed by atoms with Crippen LogP contribution in [0.15, 0.2) is 52.5 Å². The van der Waals surface area contributed by atoms with E-state index in [1.165, 1.54) is 18.1 Å². The molecule has 32 heavy (non-hydrogen) atoms. The van der Waals surface area contributed by atoms with E-state index in [9.17, 15) is 19.8 Å². The van der Waals surface area contributed by atoms with E-state index in [1.807, 2.05) is 13.8 Å². The number of phenolic OH excluding ortho intramolecular Hbond substituents is 1. The summed E-state index contributed by atoms with van der Waals surface area (Å²) in [5.41, 5.74) is 0.960. The average Bonchev–Trinajstić information content (AvgIpc) is 3.02. The smallest absolute Gasteiger partial charge is 0.295 e. The molecule has 1 aliphatic rings. The number of rotatable bonds is 8. The third-order valence-electron chi connectivity index (χ3n) is 5.17. The Hall–Kier alpha value is -2.84. The molecule has 7 nitrogen and oxygen atoms in total. The van der Waals surface area contributed by atoms with Crippen LogP contribution >= 0.6 is 15.9 Å². The van der Waals surface area contributed by atoms with Gasteiger partial charge in [0.2, 0.25) is 0 Å². The van der Waals surface area contributed by atoms with Crippen LogP contribution in [0.25, 0.3) is 5.76 Å². The molecule has 170 valence electrons. The van der Waals surface area contributed by atoms with E-state index in [0.29, 0.717) is 24.2 Å². The molecular formula is C24H26BrNO6. The molecular weight excluding hydrogens is 478 g/mol. The minimum absolute atomic E-state index is 0.00477. The van der Waals surface area contributed by atoms with Gasteiger partial charge < -0.3 is 24.6 Å². The predicted molar refractivity (Wildman–Crippen MR) is 124 cm³/mol. The van der Waals surface area contributed by atoms with Crippen LogP contribution in [0.2, 0.25) is 0 Å². The van der Waals surface area contributed by atoms with Crippen LogP contribution in [-0.2, 0) is 14.3 Å². The Labute approximate surface area is 195 Å². The summed E-state index contributed by atoms with van der Waals surface area (Å²) in [6.07, 6.45) is 0.579. The number of benzene rings is 2. The topological polar surface area (TPSA) is 96.3 Å². The Morgan fingerprint density at radius 3 is 2.47 bits per heavy atom. The maximum atomic E-state index is 13.0. The number of phenols is 1. The predicted octanol–water partition coefficient (Wildman–Crippen LogP) is 4.40. The van der Waals surface area contributed by atoms with Gasteiger partial charge in [0.25, 0.3) is 11.7 Å². The summed E-state index contributed by atoms with van der Waals surface area (Å²) in [5.74, 6) is -1.56. The Morgan fingerprint density at radius 2 is 1.84 bits per heavy atom. The van der Waals surface area contributed by atoms with Crippen LogP contribution in [0.3, 0.4) is 0 Å². The molecule has 1 heterocycles. The van der Waals surface area contributed by atoms with Crippen molar-refractivity contribution in [2.75, 3.05) is 20.3 Å². The van der Waals surface area contributed by atoms with Crippen molar-refractivity contribution in [3.63, 3.8) is 0 Å². The molecule has 1 fully saturated rings. The van der Waals surface area contributed by atoms with E-state index in [1.54, 1.807) is 36.4 Å². The molecule has 0 aromatic heterocycles. The number of hydrogen-bond acceptors (Lipinski definition) is 6. The van der Waals surface area contributed by atoms with Crippen LogP contribution in [0.4, 0.5) is 0 Å². The quantitative estimate of drug-likeness (QED) is 0.240. The van der Waals surface area contributed by atoms with Gasteiger partial charge in [0.1, 0.15) is 5.76 Å². The summed E-state index contributed by atoms with van der Waals surface area (Å²) < 4.78 is 11.6. The highest BCUT2D eigenvalue weighted by molar-refractivity contribution is 9.10. The summed E-state index contributed by atoms with van der Waals surface area (Å²) in [5, 5.41) is 21.0. The fraction of sp³-hybridized carbons (Fsp3) is 0.333. The van der Waals surface area contributed by atoms with Crippen LogP contribution in [0.5, 0.6) is 11.5 Å². The molecule has 2 N–H and O–H groups in total. The first kappa shape index (κ1) is 23.8. The van der Waals surface area contributed by atoms with Crippen LogP contribution in [0, 0.1) is 0 Å². The molecule has 3 rings (SSSR count). The number of amides is 1.